The molecule has 0 amide bonds. The van der Waals surface area contributed by atoms with Gasteiger partial charge in [-0.2, -0.15) is 0 Å². The minimum Gasteiger partial charge on any atom is -0.366 e. The van der Waals surface area contributed by atoms with E-state index in [2.05, 4.69) is 64.4 Å². The third-order valence-corrected chi connectivity index (χ3v) is 5.17. The van der Waals surface area contributed by atoms with Crippen LogP contribution >= 0.6 is 12.4 Å². The highest BCUT2D eigenvalue weighted by Gasteiger charge is 2.30. The first-order valence-corrected chi connectivity index (χ1v) is 8.51. The van der Waals surface area contributed by atoms with E-state index in [4.69, 9.17) is 0 Å². The molecule has 122 valence electrons. The van der Waals surface area contributed by atoms with E-state index in [9.17, 15) is 0 Å². The fraction of sp³-hybridized carbons (Fsp3) is 0.400. The van der Waals surface area contributed by atoms with Crippen molar-refractivity contribution in [3.8, 4) is 0 Å². The highest BCUT2D eigenvalue weighted by Crippen LogP contribution is 2.32. The maximum absolute atomic E-state index is 2.65. The Morgan fingerprint density at radius 2 is 1.70 bits per heavy atom. The summed E-state index contributed by atoms with van der Waals surface area (Å²) in [5, 5.41) is 0. The lowest BCUT2D eigenvalue weighted by Gasteiger charge is -2.46. The quantitative estimate of drug-likeness (QED) is 0.846. The van der Waals surface area contributed by atoms with E-state index in [0.717, 1.165) is 0 Å². The van der Waals surface area contributed by atoms with E-state index in [-0.39, 0.29) is 12.4 Å². The number of aryl methyl sites for hydroxylation is 1. The van der Waals surface area contributed by atoms with Crippen LogP contribution in [0, 0.1) is 0 Å². The van der Waals surface area contributed by atoms with Crippen molar-refractivity contribution in [1.29, 1.82) is 0 Å². The lowest BCUT2D eigenvalue weighted by atomic mass is 9.94. The van der Waals surface area contributed by atoms with E-state index in [1.54, 1.807) is 0 Å². The van der Waals surface area contributed by atoms with Crippen LogP contribution in [0.3, 0.4) is 0 Å². The van der Waals surface area contributed by atoms with Gasteiger partial charge >= 0.3 is 0 Å². The molecule has 23 heavy (non-hydrogen) atoms. The lowest BCUT2D eigenvalue weighted by molar-refractivity contribution is 0.216. The fourth-order valence-corrected chi connectivity index (χ4v) is 3.94. The Morgan fingerprint density at radius 1 is 0.913 bits per heavy atom. The maximum atomic E-state index is 2.65. The van der Waals surface area contributed by atoms with Crippen LogP contribution in [0.15, 0.2) is 54.6 Å². The molecule has 2 aromatic rings. The first-order valence-electron chi connectivity index (χ1n) is 8.51. The zero-order chi connectivity index (χ0) is 14.8. The SMILES string of the molecule is Cl.c1ccc(CCN2CCN3c4ccccc4CCC3C2)cc1. The number of nitrogens with zero attached hydrogens (tertiary/aromatic N) is 2. The van der Waals surface area contributed by atoms with Gasteiger partial charge in [-0.3, -0.25) is 4.90 Å². The number of fused-ring (bicyclic) bond motifs is 3. The average Bonchev–Trinajstić information content (AvgIpc) is 2.60. The van der Waals surface area contributed by atoms with Gasteiger partial charge < -0.3 is 4.90 Å². The number of halogens is 1. The third-order valence-electron chi connectivity index (χ3n) is 5.17. The molecule has 0 spiro atoms. The summed E-state index contributed by atoms with van der Waals surface area (Å²) >= 11 is 0. The van der Waals surface area contributed by atoms with Crippen LogP contribution in [0.5, 0.6) is 0 Å². The maximum Gasteiger partial charge on any atom is 0.0420 e. The zero-order valence-corrected chi connectivity index (χ0v) is 14.3. The lowest BCUT2D eigenvalue weighted by Crippen LogP contribution is -2.55. The van der Waals surface area contributed by atoms with Gasteiger partial charge in [-0.15, -0.1) is 12.4 Å². The Hall–Kier alpha value is -1.51. The van der Waals surface area contributed by atoms with E-state index in [0.29, 0.717) is 6.04 Å². The molecular formula is C20H25ClN2. The Bertz CT molecular complexity index is 629. The van der Waals surface area contributed by atoms with E-state index >= 15 is 0 Å². The summed E-state index contributed by atoms with van der Waals surface area (Å²) in [5.41, 5.74) is 4.48. The summed E-state index contributed by atoms with van der Waals surface area (Å²) in [7, 11) is 0. The molecule has 4 rings (SSSR count). The van der Waals surface area contributed by atoms with Gasteiger partial charge in [-0.25, -0.2) is 0 Å². The molecule has 0 N–H and O–H groups in total. The summed E-state index contributed by atoms with van der Waals surface area (Å²) in [4.78, 5) is 5.31. The number of anilines is 1. The van der Waals surface area contributed by atoms with Crippen molar-refractivity contribution in [2.45, 2.75) is 25.3 Å². The monoisotopic (exact) mass is 328 g/mol. The topological polar surface area (TPSA) is 6.48 Å². The Labute approximate surface area is 145 Å². The molecule has 2 aliphatic rings. The standard InChI is InChI=1S/C20H24N2.ClH/c1-2-6-17(7-3-1)12-13-21-14-15-22-19(16-21)11-10-18-8-4-5-9-20(18)22;/h1-9,19H,10-16H2;1H. The van der Waals surface area contributed by atoms with Crippen LogP contribution in [0.2, 0.25) is 0 Å². The number of rotatable bonds is 3. The van der Waals surface area contributed by atoms with Crippen LogP contribution < -0.4 is 4.90 Å². The molecule has 0 radical (unpaired) electrons. The van der Waals surface area contributed by atoms with Crippen molar-refractivity contribution < 1.29 is 0 Å². The fourth-order valence-electron chi connectivity index (χ4n) is 3.94. The van der Waals surface area contributed by atoms with Crippen LogP contribution in [0.1, 0.15) is 17.5 Å². The van der Waals surface area contributed by atoms with Gasteiger partial charge in [0.05, 0.1) is 0 Å². The summed E-state index contributed by atoms with van der Waals surface area (Å²) < 4.78 is 0. The predicted molar refractivity (Wildman–Crippen MR) is 99.7 cm³/mol. The van der Waals surface area contributed by atoms with Gasteiger partial charge in [0, 0.05) is 37.9 Å². The first-order chi connectivity index (χ1) is 10.9. The highest BCUT2D eigenvalue weighted by atomic mass is 35.5. The molecule has 0 bridgehead atoms. The van der Waals surface area contributed by atoms with Gasteiger partial charge in [0.2, 0.25) is 0 Å². The minimum absolute atomic E-state index is 0. The molecular weight excluding hydrogens is 304 g/mol. The number of para-hydroxylation sites is 1. The van der Waals surface area contributed by atoms with Crippen molar-refractivity contribution in [1.82, 2.24) is 4.90 Å². The average molecular weight is 329 g/mol. The minimum atomic E-state index is 0. The van der Waals surface area contributed by atoms with Crippen molar-refractivity contribution >= 4 is 18.1 Å². The summed E-state index contributed by atoms with van der Waals surface area (Å²) in [6.45, 7) is 4.78. The summed E-state index contributed by atoms with van der Waals surface area (Å²) in [6, 6.07) is 20.5. The predicted octanol–water partition coefficient (Wildman–Crippen LogP) is 3.79. The summed E-state index contributed by atoms with van der Waals surface area (Å²) in [5.74, 6) is 0. The molecule has 3 heteroatoms. The van der Waals surface area contributed by atoms with Gasteiger partial charge in [-0.05, 0) is 36.5 Å². The molecule has 0 saturated carbocycles. The largest absolute Gasteiger partial charge is 0.366 e. The molecule has 1 unspecified atom stereocenters. The third kappa shape index (κ3) is 3.54. The zero-order valence-electron chi connectivity index (χ0n) is 13.5. The molecule has 1 fully saturated rings. The molecule has 1 saturated heterocycles. The van der Waals surface area contributed by atoms with Crippen molar-refractivity contribution in [3.63, 3.8) is 0 Å². The second-order valence-electron chi connectivity index (χ2n) is 6.55. The molecule has 2 heterocycles. The van der Waals surface area contributed by atoms with Gasteiger partial charge in [0.25, 0.3) is 0 Å². The van der Waals surface area contributed by atoms with Crippen LogP contribution in [-0.4, -0.2) is 37.1 Å². The number of benzene rings is 2. The van der Waals surface area contributed by atoms with E-state index < -0.39 is 0 Å². The Kier molecular flexibility index (Phi) is 5.24. The number of piperazine rings is 1. The first kappa shape index (κ1) is 16.4. The number of hydrogen-bond donors (Lipinski definition) is 0. The van der Waals surface area contributed by atoms with Crippen LogP contribution in [-0.2, 0) is 12.8 Å². The van der Waals surface area contributed by atoms with Gasteiger partial charge in [-0.1, -0.05) is 48.5 Å². The van der Waals surface area contributed by atoms with Gasteiger partial charge in [0.15, 0.2) is 0 Å². The van der Waals surface area contributed by atoms with Crippen molar-refractivity contribution in [2.24, 2.45) is 0 Å². The molecule has 1 atom stereocenters. The highest BCUT2D eigenvalue weighted by molar-refractivity contribution is 5.85. The molecule has 2 nitrogen and oxygen atoms in total. The Balaban J connectivity index is 0.00000156. The Morgan fingerprint density at radius 3 is 2.57 bits per heavy atom. The summed E-state index contributed by atoms with van der Waals surface area (Å²) in [6.07, 6.45) is 3.72. The van der Waals surface area contributed by atoms with Gasteiger partial charge in [0.1, 0.15) is 0 Å². The second-order valence-corrected chi connectivity index (χ2v) is 6.55. The number of hydrogen-bond acceptors (Lipinski definition) is 2. The van der Waals surface area contributed by atoms with Crippen LogP contribution in [0.25, 0.3) is 0 Å². The van der Waals surface area contributed by atoms with E-state index in [1.807, 2.05) is 0 Å². The van der Waals surface area contributed by atoms with E-state index in [1.165, 1.54) is 62.3 Å². The smallest absolute Gasteiger partial charge is 0.0420 e. The molecule has 0 aromatic heterocycles. The second kappa shape index (κ2) is 7.37. The molecule has 2 aliphatic heterocycles. The molecule has 2 aromatic carbocycles. The normalized spacial score (nSPS) is 20.3. The van der Waals surface area contributed by atoms with Crippen LogP contribution in [0.4, 0.5) is 5.69 Å². The van der Waals surface area contributed by atoms with Crippen molar-refractivity contribution in [3.05, 3.63) is 65.7 Å². The molecule has 0 aliphatic carbocycles. The van der Waals surface area contributed by atoms with Crippen molar-refractivity contribution in [2.75, 3.05) is 31.1 Å².